The van der Waals surface area contributed by atoms with Gasteiger partial charge in [0.25, 0.3) is 0 Å². The summed E-state index contributed by atoms with van der Waals surface area (Å²) in [6, 6.07) is 0.707. The molecular weight excluding hydrogens is 138 g/mol. The molecule has 1 heterocycles. The van der Waals surface area contributed by atoms with Crippen molar-refractivity contribution >= 4 is 0 Å². The average molecular weight is 154 g/mol. The van der Waals surface area contributed by atoms with Crippen molar-refractivity contribution in [2.75, 3.05) is 13.1 Å². The van der Waals surface area contributed by atoms with Gasteiger partial charge in [-0.25, -0.2) is 0 Å². The second-order valence-electron chi connectivity index (χ2n) is 3.68. The smallest absolute Gasteiger partial charge is 0.0570 e. The van der Waals surface area contributed by atoms with E-state index in [1.165, 1.54) is 25.9 Å². The van der Waals surface area contributed by atoms with Gasteiger partial charge in [-0.15, -0.1) is 0 Å². The lowest BCUT2D eigenvalue weighted by atomic mass is 9.87. The molecule has 11 heavy (non-hydrogen) atoms. The first-order chi connectivity index (χ1) is 5.36. The first kappa shape index (κ1) is 7.56. The predicted molar refractivity (Wildman–Crippen MR) is 44.1 cm³/mol. The van der Waals surface area contributed by atoms with Gasteiger partial charge in [0, 0.05) is 6.04 Å². The van der Waals surface area contributed by atoms with Crippen molar-refractivity contribution in [1.29, 1.82) is 0 Å². The summed E-state index contributed by atoms with van der Waals surface area (Å²) in [6.07, 6.45) is 6.89. The summed E-state index contributed by atoms with van der Waals surface area (Å²) in [6.45, 7) is 2.44. The number of aliphatic hydroxyl groups is 1. The minimum atomic E-state index is 0.00547. The van der Waals surface area contributed by atoms with Crippen LogP contribution >= 0.6 is 0 Å². The van der Waals surface area contributed by atoms with Gasteiger partial charge >= 0.3 is 0 Å². The zero-order chi connectivity index (χ0) is 7.68. The molecular formula is C9H16NO. The molecule has 2 nitrogen and oxygen atoms in total. The SMILES string of the molecule is OC1CC(N2CC[CH]CC2)C1. The predicted octanol–water partition coefficient (Wildman–Crippen LogP) is 0.810. The first-order valence-electron chi connectivity index (χ1n) is 4.60. The van der Waals surface area contributed by atoms with Crippen LogP contribution in [0.4, 0.5) is 0 Å². The highest BCUT2D eigenvalue weighted by molar-refractivity contribution is 4.90. The van der Waals surface area contributed by atoms with Crippen LogP contribution in [0.25, 0.3) is 0 Å². The summed E-state index contributed by atoms with van der Waals surface area (Å²) in [5.41, 5.74) is 0. The maximum atomic E-state index is 9.11. The molecule has 2 rings (SSSR count). The van der Waals surface area contributed by atoms with Crippen molar-refractivity contribution in [3.8, 4) is 0 Å². The monoisotopic (exact) mass is 154 g/mol. The molecule has 2 aliphatic rings. The molecule has 1 aliphatic carbocycles. The molecule has 1 N–H and O–H groups in total. The zero-order valence-electron chi connectivity index (χ0n) is 6.87. The van der Waals surface area contributed by atoms with Gasteiger partial charge in [-0.2, -0.15) is 0 Å². The van der Waals surface area contributed by atoms with Crippen LogP contribution in [0.1, 0.15) is 25.7 Å². The molecule has 0 amide bonds. The Labute approximate surface area is 68.2 Å². The highest BCUT2D eigenvalue weighted by Gasteiger charge is 2.32. The molecule has 1 radical (unpaired) electrons. The van der Waals surface area contributed by atoms with E-state index in [1.54, 1.807) is 0 Å². The number of rotatable bonds is 1. The van der Waals surface area contributed by atoms with Crippen LogP contribution in [0.3, 0.4) is 0 Å². The standard InChI is InChI=1S/C9H16NO/c11-9-6-8(7-9)10-4-2-1-3-5-10/h1,8-9,11H,2-7H2. The molecule has 0 spiro atoms. The Hall–Kier alpha value is -0.0800. The Kier molecular flexibility index (Phi) is 2.14. The number of hydrogen-bond acceptors (Lipinski definition) is 2. The van der Waals surface area contributed by atoms with Crippen LogP contribution in [-0.4, -0.2) is 35.2 Å². The molecule has 2 heteroatoms. The average Bonchev–Trinajstić information content (AvgIpc) is 2.01. The lowest BCUT2D eigenvalue weighted by Crippen LogP contribution is -2.49. The number of aliphatic hydroxyl groups excluding tert-OH is 1. The van der Waals surface area contributed by atoms with Crippen LogP contribution in [-0.2, 0) is 0 Å². The van der Waals surface area contributed by atoms with Crippen LogP contribution < -0.4 is 0 Å². The summed E-state index contributed by atoms with van der Waals surface area (Å²) >= 11 is 0. The topological polar surface area (TPSA) is 23.5 Å². The lowest BCUT2D eigenvalue weighted by molar-refractivity contribution is -0.00172. The normalized spacial score (nSPS) is 40.1. The molecule has 0 aromatic rings. The summed E-state index contributed by atoms with van der Waals surface area (Å²) < 4.78 is 0. The Morgan fingerprint density at radius 1 is 1.18 bits per heavy atom. The fourth-order valence-electron chi connectivity index (χ4n) is 1.99. The van der Waals surface area contributed by atoms with Gasteiger partial charge in [0.15, 0.2) is 0 Å². The van der Waals surface area contributed by atoms with E-state index in [9.17, 15) is 0 Å². The minimum Gasteiger partial charge on any atom is -0.393 e. The van der Waals surface area contributed by atoms with E-state index in [4.69, 9.17) is 5.11 Å². The van der Waals surface area contributed by atoms with Crippen molar-refractivity contribution in [2.24, 2.45) is 0 Å². The summed E-state index contributed by atoms with van der Waals surface area (Å²) in [5, 5.41) is 9.11. The lowest BCUT2D eigenvalue weighted by Gasteiger charge is -2.42. The van der Waals surface area contributed by atoms with E-state index in [0.717, 1.165) is 12.8 Å². The van der Waals surface area contributed by atoms with Crippen LogP contribution in [0.15, 0.2) is 0 Å². The van der Waals surface area contributed by atoms with Crippen molar-refractivity contribution in [3.63, 3.8) is 0 Å². The summed E-state index contributed by atoms with van der Waals surface area (Å²) in [5.74, 6) is 0. The second kappa shape index (κ2) is 3.11. The van der Waals surface area contributed by atoms with Gasteiger partial charge in [-0.1, -0.05) is 0 Å². The zero-order valence-corrected chi connectivity index (χ0v) is 6.87. The summed E-state index contributed by atoms with van der Waals surface area (Å²) in [7, 11) is 0. The van der Waals surface area contributed by atoms with Crippen molar-refractivity contribution < 1.29 is 5.11 Å². The quantitative estimate of drug-likeness (QED) is 0.604. The van der Waals surface area contributed by atoms with Gasteiger partial charge in [0.2, 0.25) is 0 Å². The molecule has 0 unspecified atom stereocenters. The van der Waals surface area contributed by atoms with E-state index in [2.05, 4.69) is 11.3 Å². The van der Waals surface area contributed by atoms with Gasteiger partial charge in [0.05, 0.1) is 6.10 Å². The fourth-order valence-corrected chi connectivity index (χ4v) is 1.99. The molecule has 1 saturated carbocycles. The number of nitrogens with zero attached hydrogens (tertiary/aromatic N) is 1. The van der Waals surface area contributed by atoms with E-state index >= 15 is 0 Å². The maximum Gasteiger partial charge on any atom is 0.0570 e. The molecule has 2 fully saturated rings. The van der Waals surface area contributed by atoms with Crippen LogP contribution in [0.2, 0.25) is 0 Å². The Bertz CT molecular complexity index is 126. The van der Waals surface area contributed by atoms with E-state index in [-0.39, 0.29) is 6.10 Å². The molecule has 1 aliphatic heterocycles. The fraction of sp³-hybridized carbons (Fsp3) is 0.889. The highest BCUT2D eigenvalue weighted by atomic mass is 16.3. The maximum absolute atomic E-state index is 9.11. The molecule has 0 aromatic heterocycles. The Morgan fingerprint density at radius 3 is 2.36 bits per heavy atom. The third-order valence-electron chi connectivity index (χ3n) is 2.85. The number of likely N-dealkylation sites (tertiary alicyclic amines) is 1. The van der Waals surface area contributed by atoms with Crippen molar-refractivity contribution in [1.82, 2.24) is 4.90 Å². The van der Waals surface area contributed by atoms with Crippen molar-refractivity contribution in [3.05, 3.63) is 6.42 Å². The van der Waals surface area contributed by atoms with Gasteiger partial charge in [0.1, 0.15) is 0 Å². The van der Waals surface area contributed by atoms with E-state index in [0.29, 0.717) is 6.04 Å². The van der Waals surface area contributed by atoms with Gasteiger partial charge in [-0.3, -0.25) is 0 Å². The third kappa shape index (κ3) is 1.57. The van der Waals surface area contributed by atoms with Crippen LogP contribution in [0.5, 0.6) is 0 Å². The van der Waals surface area contributed by atoms with E-state index in [1.807, 2.05) is 0 Å². The number of piperidine rings is 1. The highest BCUT2D eigenvalue weighted by Crippen LogP contribution is 2.27. The molecule has 0 bridgehead atoms. The van der Waals surface area contributed by atoms with Gasteiger partial charge < -0.3 is 10.0 Å². The largest absolute Gasteiger partial charge is 0.393 e. The van der Waals surface area contributed by atoms with Crippen molar-refractivity contribution in [2.45, 2.75) is 37.8 Å². The number of hydrogen-bond donors (Lipinski definition) is 1. The molecule has 0 atom stereocenters. The van der Waals surface area contributed by atoms with Gasteiger partial charge in [-0.05, 0) is 45.2 Å². The summed E-state index contributed by atoms with van der Waals surface area (Å²) in [4.78, 5) is 2.52. The Balaban J connectivity index is 1.76. The molecule has 1 saturated heterocycles. The molecule has 0 aromatic carbocycles. The van der Waals surface area contributed by atoms with E-state index < -0.39 is 0 Å². The third-order valence-corrected chi connectivity index (χ3v) is 2.85. The molecule has 63 valence electrons. The second-order valence-corrected chi connectivity index (χ2v) is 3.68. The van der Waals surface area contributed by atoms with Crippen LogP contribution in [0, 0.1) is 6.42 Å². The minimum absolute atomic E-state index is 0.00547. The first-order valence-corrected chi connectivity index (χ1v) is 4.60. The Morgan fingerprint density at radius 2 is 1.82 bits per heavy atom.